The van der Waals surface area contributed by atoms with Gasteiger partial charge in [-0.3, -0.25) is 0 Å². The van der Waals surface area contributed by atoms with Gasteiger partial charge in [0.2, 0.25) is 0 Å². The Morgan fingerprint density at radius 3 is 2.59 bits per heavy atom. The lowest BCUT2D eigenvalue weighted by molar-refractivity contribution is 0.194. The van der Waals surface area contributed by atoms with Crippen LogP contribution in [0.1, 0.15) is 51.7 Å². The van der Waals surface area contributed by atoms with E-state index in [9.17, 15) is 9.18 Å². The molecule has 4 aromatic rings. The summed E-state index contributed by atoms with van der Waals surface area (Å²) in [4.78, 5) is 19.4. The summed E-state index contributed by atoms with van der Waals surface area (Å²) >= 11 is 1.87. The van der Waals surface area contributed by atoms with E-state index in [-0.39, 0.29) is 17.9 Å². The number of nitrogens with zero attached hydrogens (tertiary/aromatic N) is 3. The molecule has 1 atom stereocenters. The molecule has 2 aromatic heterocycles. The number of halogens is 1. The van der Waals surface area contributed by atoms with Gasteiger partial charge >= 0.3 is 6.03 Å². The molecule has 7 heteroatoms. The van der Waals surface area contributed by atoms with Gasteiger partial charge in [0.1, 0.15) is 10.8 Å². The van der Waals surface area contributed by atoms with Crippen molar-refractivity contribution in [2.75, 3.05) is 24.3 Å². The Hall–Kier alpha value is -3.58. The average molecular weight is 515 g/mol. The highest BCUT2D eigenvalue weighted by Crippen LogP contribution is 2.44. The van der Waals surface area contributed by atoms with Crippen LogP contribution in [-0.4, -0.2) is 29.6 Å². The van der Waals surface area contributed by atoms with Gasteiger partial charge in [-0.1, -0.05) is 18.2 Å². The van der Waals surface area contributed by atoms with Gasteiger partial charge in [-0.2, -0.15) is 0 Å². The quantitative estimate of drug-likeness (QED) is 0.318. The topological polar surface area (TPSA) is 40.5 Å². The normalized spacial score (nSPS) is 16.4. The third-order valence-electron chi connectivity index (χ3n) is 7.59. The number of nitrogens with one attached hydrogen (secondary N) is 1. The minimum atomic E-state index is -0.326. The number of aryl methyl sites for hydroxylation is 2. The second-order valence-electron chi connectivity index (χ2n) is 10.2. The summed E-state index contributed by atoms with van der Waals surface area (Å²) in [6.07, 6.45) is 6.68. The highest BCUT2D eigenvalue weighted by molar-refractivity contribution is 7.15. The zero-order valence-corrected chi connectivity index (χ0v) is 22.2. The van der Waals surface area contributed by atoms with Crippen LogP contribution in [0.5, 0.6) is 0 Å². The predicted octanol–water partition coefficient (Wildman–Crippen LogP) is 7.07. The molecule has 6 rings (SSSR count). The molecule has 0 saturated carbocycles. The van der Waals surface area contributed by atoms with Crippen LogP contribution < -0.4 is 10.2 Å². The number of fused-ring (bicyclic) bond motifs is 5. The molecule has 1 aliphatic carbocycles. The van der Waals surface area contributed by atoms with Gasteiger partial charge in [0.05, 0.1) is 18.3 Å². The Morgan fingerprint density at radius 2 is 1.84 bits per heavy atom. The van der Waals surface area contributed by atoms with Gasteiger partial charge in [0.25, 0.3) is 0 Å². The standard InChI is InChI=1S/C30H31FN4OS/c1-19-10-13-21(17-25(19)31)32-30(36)35-18-24-23-7-4-5-9-27(23)37-29(24)34-16-6-8-26(34)28(35)20-11-14-22(15-12-20)33(2)3/h6,8,10-17,28H,4-5,7,9,18H2,1-3H3,(H,32,36). The van der Waals surface area contributed by atoms with E-state index in [0.29, 0.717) is 17.8 Å². The number of anilines is 2. The fraction of sp³-hybridized carbons (Fsp3) is 0.300. The summed E-state index contributed by atoms with van der Waals surface area (Å²) in [5.41, 5.74) is 6.87. The summed E-state index contributed by atoms with van der Waals surface area (Å²) in [5.74, 6) is -0.326. The van der Waals surface area contributed by atoms with Crippen LogP contribution in [0, 0.1) is 12.7 Å². The number of carbonyl (C=O) groups is 1. The van der Waals surface area contributed by atoms with E-state index in [1.807, 2.05) is 30.3 Å². The molecule has 3 heterocycles. The summed E-state index contributed by atoms with van der Waals surface area (Å²) in [5, 5.41) is 4.22. The van der Waals surface area contributed by atoms with E-state index in [0.717, 1.165) is 29.8 Å². The molecule has 1 unspecified atom stereocenters. The maximum atomic E-state index is 14.3. The fourth-order valence-electron chi connectivity index (χ4n) is 5.56. The van der Waals surface area contributed by atoms with Crippen LogP contribution >= 0.6 is 11.3 Å². The first-order valence-corrected chi connectivity index (χ1v) is 13.6. The maximum absolute atomic E-state index is 14.3. The zero-order chi connectivity index (χ0) is 25.7. The molecular weight excluding hydrogens is 483 g/mol. The molecule has 190 valence electrons. The number of urea groups is 1. The van der Waals surface area contributed by atoms with Crippen LogP contribution in [-0.2, 0) is 19.4 Å². The molecule has 0 spiro atoms. The van der Waals surface area contributed by atoms with E-state index in [4.69, 9.17) is 0 Å². The van der Waals surface area contributed by atoms with Crippen molar-refractivity contribution in [3.8, 4) is 5.00 Å². The first-order valence-electron chi connectivity index (χ1n) is 12.8. The third-order valence-corrected chi connectivity index (χ3v) is 8.92. The Balaban J connectivity index is 1.47. The van der Waals surface area contributed by atoms with Gasteiger partial charge in [-0.15, -0.1) is 11.3 Å². The summed E-state index contributed by atoms with van der Waals surface area (Å²) in [6.45, 7) is 2.22. The Morgan fingerprint density at radius 1 is 1.05 bits per heavy atom. The lowest BCUT2D eigenvalue weighted by Gasteiger charge is -2.31. The highest BCUT2D eigenvalue weighted by Gasteiger charge is 2.36. The number of hydrogen-bond acceptors (Lipinski definition) is 3. The lowest BCUT2D eigenvalue weighted by Crippen LogP contribution is -2.38. The minimum Gasteiger partial charge on any atom is -0.378 e. The molecule has 1 aliphatic heterocycles. The van der Waals surface area contributed by atoms with Crippen molar-refractivity contribution >= 4 is 28.7 Å². The number of aromatic nitrogens is 1. The van der Waals surface area contributed by atoms with Crippen LogP contribution in [0.2, 0.25) is 0 Å². The van der Waals surface area contributed by atoms with Crippen molar-refractivity contribution in [3.63, 3.8) is 0 Å². The van der Waals surface area contributed by atoms with Crippen molar-refractivity contribution in [2.45, 2.75) is 45.2 Å². The molecule has 0 radical (unpaired) electrons. The van der Waals surface area contributed by atoms with Crippen molar-refractivity contribution < 1.29 is 9.18 Å². The molecule has 2 aliphatic rings. The largest absolute Gasteiger partial charge is 0.378 e. The van der Waals surface area contributed by atoms with Crippen LogP contribution in [0.3, 0.4) is 0 Å². The number of benzene rings is 2. The first-order chi connectivity index (χ1) is 17.9. The molecule has 0 bridgehead atoms. The number of amides is 2. The van der Waals surface area contributed by atoms with Gasteiger partial charge in [-0.05, 0) is 85.7 Å². The number of rotatable bonds is 3. The number of thiophene rings is 1. The van der Waals surface area contributed by atoms with Gasteiger partial charge < -0.3 is 19.7 Å². The molecule has 37 heavy (non-hydrogen) atoms. The van der Waals surface area contributed by atoms with Crippen LogP contribution in [0.15, 0.2) is 60.8 Å². The average Bonchev–Trinajstić information content (AvgIpc) is 3.48. The van der Waals surface area contributed by atoms with Crippen LogP contribution in [0.25, 0.3) is 5.00 Å². The molecule has 5 nitrogen and oxygen atoms in total. The van der Waals surface area contributed by atoms with E-state index < -0.39 is 0 Å². The first kappa shape index (κ1) is 23.8. The lowest BCUT2D eigenvalue weighted by atomic mass is 9.95. The van der Waals surface area contributed by atoms with Crippen molar-refractivity contribution in [1.82, 2.24) is 9.47 Å². The number of carbonyl (C=O) groups excluding carboxylic acids is 1. The minimum absolute atomic E-state index is 0.235. The molecular formula is C30H31FN4OS. The molecule has 2 aromatic carbocycles. The Kier molecular flexibility index (Phi) is 6.03. The summed E-state index contributed by atoms with van der Waals surface area (Å²) in [6, 6.07) is 16.9. The maximum Gasteiger partial charge on any atom is 0.322 e. The van der Waals surface area contributed by atoms with Gasteiger partial charge in [0, 0.05) is 42.1 Å². The Labute approximate surface area is 221 Å². The van der Waals surface area contributed by atoms with Crippen molar-refractivity contribution in [3.05, 3.63) is 99.4 Å². The SMILES string of the molecule is Cc1ccc(NC(=O)N2Cc3c(sc4c3CCCC4)-n3cccc3C2c2ccc(N(C)C)cc2)cc1F. The second kappa shape index (κ2) is 9.38. The van der Waals surface area contributed by atoms with Crippen molar-refractivity contribution in [1.29, 1.82) is 0 Å². The Bertz CT molecular complexity index is 1470. The summed E-state index contributed by atoms with van der Waals surface area (Å²) < 4.78 is 16.6. The van der Waals surface area contributed by atoms with E-state index in [1.165, 1.54) is 39.9 Å². The molecule has 0 saturated heterocycles. The second-order valence-corrected chi connectivity index (χ2v) is 11.3. The smallest absolute Gasteiger partial charge is 0.322 e. The van der Waals surface area contributed by atoms with Crippen molar-refractivity contribution in [2.24, 2.45) is 0 Å². The zero-order valence-electron chi connectivity index (χ0n) is 21.4. The summed E-state index contributed by atoms with van der Waals surface area (Å²) in [7, 11) is 4.04. The van der Waals surface area contributed by atoms with Crippen LogP contribution in [0.4, 0.5) is 20.6 Å². The highest BCUT2D eigenvalue weighted by atomic mass is 32.1. The third kappa shape index (κ3) is 4.21. The molecule has 2 amide bonds. The fourth-order valence-corrected chi connectivity index (χ4v) is 6.96. The molecule has 0 fully saturated rings. The number of hydrogen-bond donors (Lipinski definition) is 1. The van der Waals surface area contributed by atoms with Gasteiger partial charge in [0.15, 0.2) is 0 Å². The predicted molar refractivity (Wildman–Crippen MR) is 149 cm³/mol. The molecule has 1 N–H and O–H groups in total. The monoisotopic (exact) mass is 514 g/mol. The van der Waals surface area contributed by atoms with Gasteiger partial charge in [-0.25, -0.2) is 9.18 Å². The van der Waals surface area contributed by atoms with E-state index in [2.05, 4.69) is 57.4 Å². The van der Waals surface area contributed by atoms with E-state index >= 15 is 0 Å². The van der Waals surface area contributed by atoms with E-state index in [1.54, 1.807) is 19.1 Å².